The van der Waals surface area contributed by atoms with Gasteiger partial charge in [0.05, 0.1) is 13.7 Å². The second-order valence-electron chi connectivity index (χ2n) is 7.23. The summed E-state index contributed by atoms with van der Waals surface area (Å²) in [4.78, 5) is 11.8. The topological polar surface area (TPSA) is 95.5 Å². The predicted octanol–water partition coefficient (Wildman–Crippen LogP) is 1.78. The van der Waals surface area contributed by atoms with Gasteiger partial charge in [-0.1, -0.05) is 30.3 Å². The minimum absolute atomic E-state index is 0.219. The zero-order chi connectivity index (χ0) is 21.1. The molecule has 2 aromatic carbocycles. The van der Waals surface area contributed by atoms with Gasteiger partial charge in [0.1, 0.15) is 35.9 Å². The van der Waals surface area contributed by atoms with Crippen LogP contribution in [0.4, 0.5) is 0 Å². The summed E-state index contributed by atoms with van der Waals surface area (Å²) in [6.45, 7) is 1.59. The maximum absolute atomic E-state index is 11.8. The molecule has 0 aromatic heterocycles. The van der Waals surface area contributed by atoms with Gasteiger partial charge < -0.3 is 34.1 Å². The number of ether oxygens (including phenoxy) is 5. The van der Waals surface area contributed by atoms with E-state index in [9.17, 15) is 9.90 Å². The fourth-order valence-electron chi connectivity index (χ4n) is 3.65. The van der Waals surface area contributed by atoms with Crippen LogP contribution in [-0.4, -0.2) is 55.4 Å². The van der Waals surface area contributed by atoms with Crippen LogP contribution in [0.15, 0.2) is 54.6 Å². The number of aliphatic hydroxyl groups excluding tert-OH is 1. The molecule has 2 N–H and O–H groups in total. The van der Waals surface area contributed by atoms with Crippen LogP contribution in [0.5, 0.6) is 11.5 Å². The molecule has 0 spiro atoms. The summed E-state index contributed by atoms with van der Waals surface area (Å²) >= 11 is 0. The van der Waals surface area contributed by atoms with E-state index in [1.807, 2.05) is 30.3 Å². The number of rotatable bonds is 5. The molecule has 8 nitrogen and oxygen atoms in total. The van der Waals surface area contributed by atoms with Crippen molar-refractivity contribution in [2.75, 3.05) is 13.7 Å². The van der Waals surface area contributed by atoms with E-state index >= 15 is 0 Å². The van der Waals surface area contributed by atoms with E-state index in [0.717, 1.165) is 5.56 Å². The summed E-state index contributed by atoms with van der Waals surface area (Å²) < 4.78 is 28.9. The average molecular weight is 415 g/mol. The van der Waals surface area contributed by atoms with Crippen LogP contribution >= 0.6 is 0 Å². The lowest BCUT2D eigenvalue weighted by Crippen LogP contribution is -2.67. The molecule has 6 atom stereocenters. The lowest BCUT2D eigenvalue weighted by molar-refractivity contribution is -0.333. The summed E-state index contributed by atoms with van der Waals surface area (Å²) in [5, 5.41) is 13.8. The highest BCUT2D eigenvalue weighted by Crippen LogP contribution is 2.35. The van der Waals surface area contributed by atoms with E-state index in [0.29, 0.717) is 11.5 Å². The van der Waals surface area contributed by atoms with Gasteiger partial charge >= 0.3 is 0 Å². The number of hydrogen-bond donors (Lipinski definition) is 2. The van der Waals surface area contributed by atoms with Gasteiger partial charge in [0.15, 0.2) is 6.29 Å². The number of methoxy groups -OCH3 is 1. The van der Waals surface area contributed by atoms with E-state index in [2.05, 4.69) is 5.32 Å². The van der Waals surface area contributed by atoms with Gasteiger partial charge in [0.25, 0.3) is 0 Å². The molecular weight excluding hydrogens is 390 g/mol. The van der Waals surface area contributed by atoms with Gasteiger partial charge in [-0.2, -0.15) is 0 Å². The van der Waals surface area contributed by atoms with Gasteiger partial charge in [0, 0.05) is 12.5 Å². The van der Waals surface area contributed by atoms with E-state index in [4.69, 9.17) is 23.7 Å². The first-order valence-corrected chi connectivity index (χ1v) is 9.78. The van der Waals surface area contributed by atoms with E-state index in [-0.39, 0.29) is 12.5 Å². The van der Waals surface area contributed by atoms with Crippen LogP contribution in [0.1, 0.15) is 18.8 Å². The maximum atomic E-state index is 11.8. The van der Waals surface area contributed by atoms with E-state index in [1.165, 1.54) is 6.92 Å². The summed E-state index contributed by atoms with van der Waals surface area (Å²) in [6.07, 6.45) is -3.82. The van der Waals surface area contributed by atoms with Gasteiger partial charge in [-0.05, 0) is 24.3 Å². The molecule has 2 fully saturated rings. The first-order valence-electron chi connectivity index (χ1n) is 9.78. The van der Waals surface area contributed by atoms with E-state index < -0.39 is 36.9 Å². The Morgan fingerprint density at radius 1 is 1.07 bits per heavy atom. The molecule has 8 heteroatoms. The van der Waals surface area contributed by atoms with Crippen molar-refractivity contribution in [2.24, 2.45) is 0 Å². The molecule has 2 saturated heterocycles. The second-order valence-corrected chi connectivity index (χ2v) is 7.23. The molecule has 160 valence electrons. The minimum atomic E-state index is -1.05. The smallest absolute Gasteiger partial charge is 0.223 e. The summed E-state index contributed by atoms with van der Waals surface area (Å²) in [7, 11) is 1.58. The molecule has 0 aliphatic carbocycles. The van der Waals surface area contributed by atoms with Crippen LogP contribution in [-0.2, 0) is 19.0 Å². The van der Waals surface area contributed by atoms with Crippen molar-refractivity contribution >= 4 is 5.91 Å². The normalized spacial score (nSPS) is 30.8. The van der Waals surface area contributed by atoms with E-state index in [1.54, 1.807) is 31.4 Å². The first kappa shape index (κ1) is 20.6. The Labute approximate surface area is 174 Å². The lowest BCUT2D eigenvalue weighted by Gasteiger charge is -2.47. The van der Waals surface area contributed by atoms with Crippen LogP contribution < -0.4 is 14.8 Å². The molecule has 4 rings (SSSR count). The number of aliphatic hydroxyl groups is 1. The number of amides is 1. The van der Waals surface area contributed by atoms with Crippen LogP contribution in [0.3, 0.4) is 0 Å². The second kappa shape index (κ2) is 9.01. The Bertz CT molecular complexity index is 844. The van der Waals surface area contributed by atoms with Gasteiger partial charge in [-0.15, -0.1) is 0 Å². The van der Waals surface area contributed by atoms with Crippen molar-refractivity contribution in [3.8, 4) is 11.5 Å². The number of carbonyl (C=O) groups is 1. The quantitative estimate of drug-likeness (QED) is 0.769. The fourth-order valence-corrected chi connectivity index (χ4v) is 3.65. The lowest BCUT2D eigenvalue weighted by atomic mass is 9.95. The molecule has 2 aliphatic heterocycles. The molecule has 0 radical (unpaired) electrons. The van der Waals surface area contributed by atoms with Gasteiger partial charge in [-0.3, -0.25) is 4.79 Å². The number of nitrogens with one attached hydrogen (secondary N) is 1. The number of fused-ring (bicyclic) bond motifs is 1. The molecule has 2 aromatic rings. The third kappa shape index (κ3) is 4.41. The number of carbonyl (C=O) groups excluding carboxylic acids is 1. The first-order chi connectivity index (χ1) is 14.5. The van der Waals surface area contributed by atoms with Crippen molar-refractivity contribution in [2.45, 2.75) is 43.9 Å². The van der Waals surface area contributed by atoms with Crippen LogP contribution in [0.2, 0.25) is 0 Å². The Balaban J connectivity index is 1.51. The molecular formula is C22H25NO7. The largest absolute Gasteiger partial charge is 0.497 e. The minimum Gasteiger partial charge on any atom is -0.497 e. The zero-order valence-electron chi connectivity index (χ0n) is 16.8. The van der Waals surface area contributed by atoms with Crippen molar-refractivity contribution in [1.29, 1.82) is 0 Å². The average Bonchev–Trinajstić information content (AvgIpc) is 2.77. The summed E-state index contributed by atoms with van der Waals surface area (Å²) in [5.74, 6) is 0.893. The Kier molecular flexibility index (Phi) is 6.19. The third-order valence-corrected chi connectivity index (χ3v) is 5.12. The number of benzene rings is 2. The van der Waals surface area contributed by atoms with Crippen molar-refractivity contribution in [3.63, 3.8) is 0 Å². The molecule has 2 heterocycles. The Morgan fingerprint density at radius 3 is 2.43 bits per heavy atom. The predicted molar refractivity (Wildman–Crippen MR) is 106 cm³/mol. The Morgan fingerprint density at radius 2 is 1.77 bits per heavy atom. The summed E-state index contributed by atoms with van der Waals surface area (Å²) in [6, 6.07) is 15.6. The van der Waals surface area contributed by atoms with Crippen LogP contribution in [0, 0.1) is 0 Å². The summed E-state index contributed by atoms with van der Waals surface area (Å²) in [5.41, 5.74) is 0.843. The highest BCUT2D eigenvalue weighted by molar-refractivity contribution is 5.73. The monoisotopic (exact) mass is 415 g/mol. The molecule has 30 heavy (non-hydrogen) atoms. The van der Waals surface area contributed by atoms with Crippen molar-refractivity contribution < 1.29 is 33.6 Å². The molecule has 2 aliphatic rings. The molecule has 0 saturated carbocycles. The van der Waals surface area contributed by atoms with Crippen molar-refractivity contribution in [3.05, 3.63) is 60.2 Å². The van der Waals surface area contributed by atoms with Gasteiger partial charge in [-0.25, -0.2) is 0 Å². The molecule has 0 bridgehead atoms. The van der Waals surface area contributed by atoms with Crippen molar-refractivity contribution in [1.82, 2.24) is 5.32 Å². The SMILES string of the molecule is COc1ccc(O[C@H]2O[C@@H]3CO[C@H](c4ccccc4)O[C@@H]3[C@H](O)[C@H]2NC(C)=O)cc1. The number of hydrogen-bond acceptors (Lipinski definition) is 7. The Hall–Kier alpha value is -2.65. The standard InChI is InChI=1S/C22H25NO7/c1-13(24)23-18-19(25)20-17(12-27-21(30-20)14-6-4-3-5-7-14)29-22(18)28-16-10-8-15(26-2)9-11-16/h3-11,17-22,25H,12H2,1-2H3,(H,23,24)/t17-,18-,19-,20+,21+,22+/m1/s1. The highest BCUT2D eigenvalue weighted by Gasteiger charge is 2.50. The molecule has 1 amide bonds. The maximum Gasteiger partial charge on any atom is 0.223 e. The highest BCUT2D eigenvalue weighted by atomic mass is 16.7. The fraction of sp³-hybridized carbons (Fsp3) is 0.409. The zero-order valence-corrected chi connectivity index (χ0v) is 16.8. The van der Waals surface area contributed by atoms with Crippen LogP contribution in [0.25, 0.3) is 0 Å². The van der Waals surface area contributed by atoms with Gasteiger partial charge in [0.2, 0.25) is 12.2 Å². The molecule has 0 unspecified atom stereocenters. The third-order valence-electron chi connectivity index (χ3n) is 5.12.